The second-order valence-corrected chi connectivity index (χ2v) is 13.7. The molecule has 3 aromatic rings. The van der Waals surface area contributed by atoms with Gasteiger partial charge >= 0.3 is 0 Å². The molecule has 5 rings (SSSR count). The highest BCUT2D eigenvalue weighted by molar-refractivity contribution is 14.1. The molecule has 2 heterocycles. The molecular weight excluding hydrogens is 607 g/mol. The summed E-state index contributed by atoms with van der Waals surface area (Å²) in [5.74, 6) is 1.19. The van der Waals surface area contributed by atoms with Crippen molar-refractivity contribution >= 4 is 38.3 Å². The van der Waals surface area contributed by atoms with Crippen LogP contribution in [0.25, 0.3) is 22.8 Å². The molecular formula is C26H25IN4O5S. The Morgan fingerprint density at radius 1 is 1.32 bits per heavy atom. The first-order valence-electron chi connectivity index (χ1n) is 11.9. The summed E-state index contributed by atoms with van der Waals surface area (Å²) in [5, 5.41) is 13.8. The Bertz CT molecular complexity index is 1530. The molecule has 1 aromatic heterocycles. The van der Waals surface area contributed by atoms with E-state index < -0.39 is 9.84 Å². The van der Waals surface area contributed by atoms with Gasteiger partial charge < -0.3 is 14.2 Å². The maximum absolute atomic E-state index is 12.8. The smallest absolute Gasteiger partial charge is 0.258 e. The van der Waals surface area contributed by atoms with Crippen molar-refractivity contribution in [2.75, 3.05) is 25.1 Å². The van der Waals surface area contributed by atoms with E-state index in [2.05, 4.69) is 38.8 Å². The van der Waals surface area contributed by atoms with Crippen molar-refractivity contribution in [1.29, 1.82) is 5.26 Å². The topological polar surface area (TPSA) is 126 Å². The molecule has 0 N–H and O–H groups in total. The number of aromatic nitrogens is 2. The largest absolute Gasteiger partial charge is 0.479 e. The van der Waals surface area contributed by atoms with Gasteiger partial charge in [0.05, 0.1) is 11.3 Å². The van der Waals surface area contributed by atoms with Gasteiger partial charge in [0, 0.05) is 42.3 Å². The second kappa shape index (κ2) is 9.72. The Morgan fingerprint density at radius 2 is 2.14 bits per heavy atom. The van der Waals surface area contributed by atoms with Gasteiger partial charge in [-0.3, -0.25) is 4.79 Å². The number of hydrogen-bond acceptors (Lipinski definition) is 8. The van der Waals surface area contributed by atoms with Gasteiger partial charge in [-0.15, -0.1) is 0 Å². The number of alkyl halides is 1. The summed E-state index contributed by atoms with van der Waals surface area (Å²) in [6.07, 6.45) is 3.12. The minimum absolute atomic E-state index is 0.0126. The number of ether oxygens (including phenoxy) is 1. The lowest BCUT2D eigenvalue weighted by Crippen LogP contribution is -2.33. The van der Waals surface area contributed by atoms with Gasteiger partial charge in [-0.1, -0.05) is 23.4 Å². The van der Waals surface area contributed by atoms with Crippen LogP contribution in [-0.4, -0.2) is 58.6 Å². The Hall–Kier alpha value is -2.98. The van der Waals surface area contributed by atoms with Crippen LogP contribution in [0.4, 0.5) is 0 Å². The van der Waals surface area contributed by atoms with E-state index in [4.69, 9.17) is 9.26 Å². The highest BCUT2D eigenvalue weighted by Crippen LogP contribution is 2.48. The molecule has 2 aromatic carbocycles. The van der Waals surface area contributed by atoms with Crippen molar-refractivity contribution in [2.24, 2.45) is 0 Å². The van der Waals surface area contributed by atoms with Gasteiger partial charge in [-0.2, -0.15) is 10.2 Å². The number of rotatable bonds is 7. The maximum atomic E-state index is 12.8. The number of nitriles is 1. The summed E-state index contributed by atoms with van der Waals surface area (Å²) in [6.45, 7) is 2.61. The van der Waals surface area contributed by atoms with Crippen LogP contribution in [0.5, 0.6) is 5.75 Å². The fourth-order valence-corrected chi connectivity index (χ4v) is 6.10. The summed E-state index contributed by atoms with van der Waals surface area (Å²) < 4.78 is 34.4. The van der Waals surface area contributed by atoms with Crippen LogP contribution >= 0.6 is 22.6 Å². The summed E-state index contributed by atoms with van der Waals surface area (Å²) >= 11 is 2.13. The highest BCUT2D eigenvalue weighted by atomic mass is 127. The molecule has 192 valence electrons. The number of benzene rings is 2. The molecule has 1 amide bonds. The van der Waals surface area contributed by atoms with E-state index in [0.29, 0.717) is 41.6 Å². The Morgan fingerprint density at radius 3 is 2.86 bits per heavy atom. The van der Waals surface area contributed by atoms with Gasteiger partial charge in [0.25, 0.3) is 5.89 Å². The zero-order chi connectivity index (χ0) is 26.4. The lowest BCUT2D eigenvalue weighted by Gasteiger charge is -2.25. The number of amides is 1. The zero-order valence-corrected chi connectivity index (χ0v) is 23.4. The number of carbonyl (C=O) groups is 1. The quantitative estimate of drug-likeness (QED) is 0.284. The molecule has 1 aliphatic heterocycles. The molecule has 2 atom stereocenters. The molecule has 2 aliphatic rings. The van der Waals surface area contributed by atoms with Gasteiger partial charge in [-0.05, 0) is 71.7 Å². The minimum Gasteiger partial charge on any atom is -0.479 e. The zero-order valence-electron chi connectivity index (χ0n) is 20.4. The molecule has 9 nitrogen and oxygen atoms in total. The number of hydrogen-bond donors (Lipinski definition) is 0. The molecule has 0 radical (unpaired) electrons. The van der Waals surface area contributed by atoms with Crippen molar-refractivity contribution < 1.29 is 22.5 Å². The molecule has 37 heavy (non-hydrogen) atoms. The Kier molecular flexibility index (Phi) is 6.74. The van der Waals surface area contributed by atoms with E-state index in [-0.39, 0.29) is 27.7 Å². The summed E-state index contributed by atoms with van der Waals surface area (Å²) in [4.78, 5) is 19.1. The maximum Gasteiger partial charge on any atom is 0.258 e. The number of likely N-dealkylation sites (tertiary alicyclic amines) is 1. The summed E-state index contributed by atoms with van der Waals surface area (Å²) in [7, 11) is -3.15. The lowest BCUT2D eigenvalue weighted by atomic mass is 9.80. The SMILES string of the molecule is CC(I)Oc1ccc(-c2nc(-c3cccc4c3CCC43CC(=O)N(CCS(C)(=O)=O)C3)no2)cc1C#N. The number of fused-ring (bicyclic) bond motifs is 2. The summed E-state index contributed by atoms with van der Waals surface area (Å²) in [6, 6.07) is 13.3. The third-order valence-electron chi connectivity index (χ3n) is 6.97. The van der Waals surface area contributed by atoms with Crippen molar-refractivity contribution in [1.82, 2.24) is 15.0 Å². The van der Waals surface area contributed by atoms with E-state index in [0.717, 1.165) is 29.5 Å². The average molecular weight is 632 g/mol. The van der Waals surface area contributed by atoms with Crippen LogP contribution in [0.15, 0.2) is 40.9 Å². The first-order chi connectivity index (χ1) is 17.6. The van der Waals surface area contributed by atoms with Gasteiger partial charge in [-0.25, -0.2) is 8.42 Å². The van der Waals surface area contributed by atoms with Crippen molar-refractivity contribution in [3.8, 4) is 34.7 Å². The molecule has 11 heteroatoms. The normalized spacial score (nSPS) is 19.7. The molecule has 0 bridgehead atoms. The van der Waals surface area contributed by atoms with Crippen molar-refractivity contribution in [2.45, 2.75) is 35.7 Å². The second-order valence-electron chi connectivity index (χ2n) is 9.64. The fraction of sp³-hybridized carbons (Fsp3) is 0.385. The number of nitrogens with zero attached hydrogens (tertiary/aromatic N) is 4. The van der Waals surface area contributed by atoms with Gasteiger partial charge in [0.1, 0.15) is 25.8 Å². The first kappa shape index (κ1) is 25.7. The van der Waals surface area contributed by atoms with Crippen LogP contribution in [0.3, 0.4) is 0 Å². The van der Waals surface area contributed by atoms with Crippen molar-refractivity contribution in [3.63, 3.8) is 0 Å². The van der Waals surface area contributed by atoms with Crippen molar-refractivity contribution in [3.05, 3.63) is 53.1 Å². The van der Waals surface area contributed by atoms with Crippen LogP contribution in [-0.2, 0) is 26.5 Å². The number of halogens is 1. The number of sulfone groups is 1. The van der Waals surface area contributed by atoms with Crippen LogP contribution < -0.4 is 4.74 Å². The monoisotopic (exact) mass is 632 g/mol. The Balaban J connectivity index is 1.42. The van der Waals surface area contributed by atoms with Crippen LogP contribution in [0.1, 0.15) is 36.5 Å². The van der Waals surface area contributed by atoms with Gasteiger partial charge in [0.15, 0.2) is 0 Å². The number of carbonyl (C=O) groups excluding carboxylic acids is 1. The molecule has 1 aliphatic carbocycles. The van der Waals surface area contributed by atoms with Crippen LogP contribution in [0, 0.1) is 11.3 Å². The molecule has 1 saturated heterocycles. The first-order valence-corrected chi connectivity index (χ1v) is 15.2. The highest BCUT2D eigenvalue weighted by Gasteiger charge is 2.48. The molecule has 1 spiro atoms. The molecule has 0 saturated carbocycles. The third kappa shape index (κ3) is 5.09. The van der Waals surface area contributed by atoms with E-state index >= 15 is 0 Å². The lowest BCUT2D eigenvalue weighted by molar-refractivity contribution is -0.127. The third-order valence-corrected chi connectivity index (χ3v) is 8.15. The van der Waals surface area contributed by atoms with E-state index in [9.17, 15) is 18.5 Å². The Labute approximate surface area is 228 Å². The fourth-order valence-electron chi connectivity index (χ4n) is 5.28. The van der Waals surface area contributed by atoms with E-state index in [1.54, 1.807) is 23.1 Å². The van der Waals surface area contributed by atoms with Gasteiger partial charge in [0.2, 0.25) is 11.7 Å². The standard InChI is InChI=1S/C26H25IN4O5S/c1-16(27)35-22-7-6-17(12-18(22)14-28)25-29-24(30-36-25)20-4-3-5-21-19(20)8-9-26(21)13-23(32)31(15-26)10-11-37(2,33)34/h3-7,12,16H,8-11,13,15H2,1-2H3. The molecule has 1 fully saturated rings. The predicted molar refractivity (Wildman–Crippen MR) is 145 cm³/mol. The summed E-state index contributed by atoms with van der Waals surface area (Å²) in [5.41, 5.74) is 3.70. The molecule has 2 unspecified atom stereocenters. The van der Waals surface area contributed by atoms with Crippen LogP contribution in [0.2, 0.25) is 0 Å². The minimum atomic E-state index is -3.15. The van der Waals surface area contributed by atoms with E-state index in [1.165, 1.54) is 6.26 Å². The predicted octanol–water partition coefficient (Wildman–Crippen LogP) is 3.90. The average Bonchev–Trinajstić information content (AvgIpc) is 3.55. The van der Waals surface area contributed by atoms with E-state index in [1.807, 2.05) is 25.1 Å².